The molecule has 2 unspecified atom stereocenters. The summed E-state index contributed by atoms with van der Waals surface area (Å²) < 4.78 is 46.5. The average Bonchev–Trinajstić information content (AvgIpc) is 3.24. The minimum atomic E-state index is -0.594. The fourth-order valence-electron chi connectivity index (χ4n) is 3.66. The summed E-state index contributed by atoms with van der Waals surface area (Å²) in [6.07, 6.45) is 7.32. The number of hydrogen-bond donors (Lipinski definition) is 0. The Labute approximate surface area is 172 Å². The lowest BCUT2D eigenvalue weighted by Crippen LogP contribution is -2.24. The van der Waals surface area contributed by atoms with Crippen LogP contribution in [0.3, 0.4) is 0 Å². The first-order valence-corrected chi connectivity index (χ1v) is 9.78. The molecule has 0 saturated carbocycles. The SMILES string of the molecule is CC(N=NC1C=CC(N2CCC[C@@H]2c2cc(F)ccc2F)=CO1)c1ccc(F)cn1. The maximum Gasteiger partial charge on any atom is 0.227 e. The number of rotatable bonds is 5. The number of aromatic nitrogens is 1. The van der Waals surface area contributed by atoms with Crippen LogP contribution < -0.4 is 0 Å². The molecule has 8 heteroatoms. The van der Waals surface area contributed by atoms with E-state index in [1.54, 1.807) is 25.3 Å². The van der Waals surface area contributed by atoms with E-state index in [-0.39, 0.29) is 12.1 Å². The van der Waals surface area contributed by atoms with Crippen molar-refractivity contribution in [2.75, 3.05) is 6.54 Å². The van der Waals surface area contributed by atoms with Crippen molar-refractivity contribution in [1.82, 2.24) is 9.88 Å². The van der Waals surface area contributed by atoms with E-state index in [1.165, 1.54) is 12.1 Å². The first-order valence-electron chi connectivity index (χ1n) is 9.78. The van der Waals surface area contributed by atoms with Crippen molar-refractivity contribution in [3.63, 3.8) is 0 Å². The first kappa shape index (κ1) is 20.1. The lowest BCUT2D eigenvalue weighted by atomic mass is 10.0. The standard InChI is InChI=1S/C22H21F3N4O/c1-14(20-8-5-16(24)12-26-20)27-28-22-9-6-17(13-30-22)29-10-2-3-21(29)18-11-15(23)4-7-19(18)25/h4-9,11-14,21-22H,2-3,10H2,1H3/t14?,21-,22?/m1/s1. The molecule has 30 heavy (non-hydrogen) atoms. The topological polar surface area (TPSA) is 50.1 Å². The summed E-state index contributed by atoms with van der Waals surface area (Å²) in [6.45, 7) is 2.53. The van der Waals surface area contributed by atoms with E-state index in [9.17, 15) is 13.2 Å². The number of ether oxygens (including phenoxy) is 1. The normalized spacial score (nSPS) is 22.3. The predicted molar refractivity (Wildman–Crippen MR) is 105 cm³/mol. The summed E-state index contributed by atoms with van der Waals surface area (Å²) in [4.78, 5) is 6.00. The van der Waals surface area contributed by atoms with Gasteiger partial charge in [0.05, 0.1) is 23.6 Å². The van der Waals surface area contributed by atoms with Gasteiger partial charge in [0, 0.05) is 12.1 Å². The molecule has 1 aromatic carbocycles. The molecule has 0 amide bonds. The fraction of sp³-hybridized carbons (Fsp3) is 0.318. The van der Waals surface area contributed by atoms with Crippen LogP contribution >= 0.6 is 0 Å². The third-order valence-electron chi connectivity index (χ3n) is 5.19. The van der Waals surface area contributed by atoms with E-state index >= 15 is 0 Å². The van der Waals surface area contributed by atoms with Gasteiger partial charge in [0.2, 0.25) is 6.23 Å². The van der Waals surface area contributed by atoms with Gasteiger partial charge in [-0.1, -0.05) is 0 Å². The van der Waals surface area contributed by atoms with Gasteiger partial charge >= 0.3 is 0 Å². The van der Waals surface area contributed by atoms with Crippen LogP contribution in [0.4, 0.5) is 13.2 Å². The molecule has 1 aromatic heterocycles. The maximum atomic E-state index is 14.2. The molecule has 5 nitrogen and oxygen atoms in total. The number of benzene rings is 1. The van der Waals surface area contributed by atoms with Crippen LogP contribution in [0.2, 0.25) is 0 Å². The molecule has 4 rings (SSSR count). The molecule has 2 aliphatic heterocycles. The molecule has 1 saturated heterocycles. The minimum absolute atomic E-state index is 0.247. The van der Waals surface area contributed by atoms with Gasteiger partial charge in [0.25, 0.3) is 0 Å². The Balaban J connectivity index is 1.41. The zero-order chi connectivity index (χ0) is 21.1. The monoisotopic (exact) mass is 414 g/mol. The van der Waals surface area contributed by atoms with Gasteiger partial charge in [-0.2, -0.15) is 5.11 Å². The van der Waals surface area contributed by atoms with E-state index < -0.39 is 23.7 Å². The van der Waals surface area contributed by atoms with Gasteiger partial charge in [-0.25, -0.2) is 13.2 Å². The van der Waals surface area contributed by atoms with E-state index in [1.807, 2.05) is 11.0 Å². The van der Waals surface area contributed by atoms with Gasteiger partial charge in [-0.15, -0.1) is 5.11 Å². The lowest BCUT2D eigenvalue weighted by molar-refractivity contribution is 0.167. The second-order valence-corrected chi connectivity index (χ2v) is 7.25. The quantitative estimate of drug-likeness (QED) is 0.598. The van der Waals surface area contributed by atoms with E-state index in [0.717, 1.165) is 43.4 Å². The zero-order valence-corrected chi connectivity index (χ0v) is 16.4. The number of nitrogens with zero attached hydrogens (tertiary/aromatic N) is 4. The van der Waals surface area contributed by atoms with Crippen molar-refractivity contribution in [3.05, 3.63) is 89.3 Å². The first-order chi connectivity index (χ1) is 14.5. The Bertz CT molecular complexity index is 990. The predicted octanol–water partition coefficient (Wildman–Crippen LogP) is 5.60. The van der Waals surface area contributed by atoms with Crippen molar-refractivity contribution in [2.24, 2.45) is 10.2 Å². The molecule has 2 aliphatic rings. The number of azo groups is 1. The summed E-state index contributed by atoms with van der Waals surface area (Å²) in [5.41, 5.74) is 1.73. The molecular formula is C22H21F3N4O. The van der Waals surface area contributed by atoms with Crippen molar-refractivity contribution in [1.29, 1.82) is 0 Å². The molecular weight excluding hydrogens is 393 g/mol. The number of pyridine rings is 1. The summed E-state index contributed by atoms with van der Waals surface area (Å²) in [5, 5.41) is 8.34. The van der Waals surface area contributed by atoms with Crippen LogP contribution in [-0.2, 0) is 4.74 Å². The van der Waals surface area contributed by atoms with Crippen LogP contribution in [0.25, 0.3) is 0 Å². The molecule has 3 atom stereocenters. The Kier molecular flexibility index (Phi) is 5.83. The second-order valence-electron chi connectivity index (χ2n) is 7.25. The molecule has 3 heterocycles. The number of likely N-dealkylation sites (tertiary alicyclic amines) is 1. The van der Waals surface area contributed by atoms with Crippen LogP contribution in [0.1, 0.15) is 43.1 Å². The van der Waals surface area contributed by atoms with Gasteiger partial charge in [-0.05, 0) is 62.2 Å². The lowest BCUT2D eigenvalue weighted by Gasteiger charge is -2.29. The minimum Gasteiger partial charge on any atom is -0.469 e. The molecule has 0 bridgehead atoms. The van der Waals surface area contributed by atoms with Crippen LogP contribution in [0.15, 0.2) is 70.9 Å². The van der Waals surface area contributed by atoms with E-state index in [2.05, 4.69) is 15.2 Å². The van der Waals surface area contributed by atoms with Gasteiger partial charge < -0.3 is 9.64 Å². The summed E-state index contributed by atoms with van der Waals surface area (Å²) in [5.74, 6) is -1.27. The fourth-order valence-corrected chi connectivity index (χ4v) is 3.66. The Morgan fingerprint density at radius 2 is 2.00 bits per heavy atom. The van der Waals surface area contributed by atoms with Crippen LogP contribution in [0, 0.1) is 17.5 Å². The van der Waals surface area contributed by atoms with Crippen molar-refractivity contribution in [3.8, 4) is 0 Å². The largest absolute Gasteiger partial charge is 0.469 e. The highest BCUT2D eigenvalue weighted by Gasteiger charge is 2.30. The third kappa shape index (κ3) is 4.37. The molecule has 0 N–H and O–H groups in total. The van der Waals surface area contributed by atoms with Gasteiger partial charge in [0.1, 0.15) is 29.8 Å². The van der Waals surface area contributed by atoms with Crippen LogP contribution in [-0.4, -0.2) is 22.7 Å². The highest BCUT2D eigenvalue weighted by Crippen LogP contribution is 2.37. The average molecular weight is 414 g/mol. The van der Waals surface area contributed by atoms with Crippen LogP contribution in [0.5, 0.6) is 0 Å². The Morgan fingerprint density at radius 1 is 1.17 bits per heavy atom. The smallest absolute Gasteiger partial charge is 0.227 e. The highest BCUT2D eigenvalue weighted by atomic mass is 19.1. The zero-order valence-electron chi connectivity index (χ0n) is 16.4. The number of hydrogen-bond acceptors (Lipinski definition) is 5. The maximum absolute atomic E-state index is 14.2. The Morgan fingerprint density at radius 3 is 2.73 bits per heavy atom. The molecule has 0 aliphatic carbocycles. The van der Waals surface area contributed by atoms with Gasteiger partial charge in [-0.3, -0.25) is 4.98 Å². The van der Waals surface area contributed by atoms with Crippen molar-refractivity contribution >= 4 is 0 Å². The highest BCUT2D eigenvalue weighted by molar-refractivity contribution is 5.28. The van der Waals surface area contributed by atoms with E-state index in [4.69, 9.17) is 4.74 Å². The van der Waals surface area contributed by atoms with E-state index in [0.29, 0.717) is 11.3 Å². The van der Waals surface area contributed by atoms with Crippen molar-refractivity contribution in [2.45, 2.75) is 38.1 Å². The molecule has 156 valence electrons. The summed E-state index contributed by atoms with van der Waals surface area (Å²) in [7, 11) is 0. The molecule has 1 fully saturated rings. The molecule has 2 aromatic rings. The molecule has 0 spiro atoms. The third-order valence-corrected chi connectivity index (χ3v) is 5.19. The summed E-state index contributed by atoms with van der Waals surface area (Å²) in [6, 6.07) is 5.85. The second kappa shape index (κ2) is 8.69. The number of halogens is 3. The Hall–Kier alpha value is -3.16. The molecule has 0 radical (unpaired) electrons. The number of allylic oxidation sites excluding steroid dienone is 1. The summed E-state index contributed by atoms with van der Waals surface area (Å²) >= 11 is 0. The van der Waals surface area contributed by atoms with Crippen molar-refractivity contribution < 1.29 is 17.9 Å². The van der Waals surface area contributed by atoms with Gasteiger partial charge in [0.15, 0.2) is 0 Å².